The van der Waals surface area contributed by atoms with E-state index >= 15 is 0 Å². The summed E-state index contributed by atoms with van der Waals surface area (Å²) < 4.78 is 7.76. The van der Waals surface area contributed by atoms with Crippen LogP contribution in [0.2, 0.25) is 0 Å². The number of furan rings is 1. The first kappa shape index (κ1) is 15.9. The number of thiophene rings is 1. The van der Waals surface area contributed by atoms with Crippen molar-refractivity contribution >= 4 is 39.0 Å². The highest BCUT2D eigenvalue weighted by molar-refractivity contribution is 7.13. The van der Waals surface area contributed by atoms with E-state index in [0.717, 1.165) is 33.1 Å². The van der Waals surface area contributed by atoms with Crippen molar-refractivity contribution in [3.05, 3.63) is 83.6 Å². The van der Waals surface area contributed by atoms with Gasteiger partial charge in [-0.15, -0.1) is 11.3 Å². The van der Waals surface area contributed by atoms with Gasteiger partial charge in [-0.25, -0.2) is 0 Å². The molecule has 132 valence electrons. The molecular formula is C22H16N2O2S. The van der Waals surface area contributed by atoms with Gasteiger partial charge in [0.25, 0.3) is 0 Å². The van der Waals surface area contributed by atoms with Crippen LogP contribution in [-0.4, -0.2) is 10.5 Å². The lowest BCUT2D eigenvalue weighted by molar-refractivity contribution is 0.100. The summed E-state index contributed by atoms with van der Waals surface area (Å²) in [5, 5.41) is 3.99. The monoisotopic (exact) mass is 372 g/mol. The molecule has 3 heterocycles. The number of nitrogens with zero attached hydrogens (tertiary/aromatic N) is 1. The molecule has 0 unspecified atom stereocenters. The number of hydrogen-bond donors (Lipinski definition) is 1. The van der Waals surface area contributed by atoms with E-state index in [1.807, 2.05) is 30.3 Å². The van der Waals surface area contributed by atoms with Crippen LogP contribution >= 0.6 is 11.3 Å². The van der Waals surface area contributed by atoms with Crippen LogP contribution in [0.4, 0.5) is 0 Å². The van der Waals surface area contributed by atoms with Gasteiger partial charge in [0.1, 0.15) is 5.76 Å². The maximum atomic E-state index is 12.0. The molecule has 0 fully saturated rings. The Morgan fingerprint density at radius 2 is 1.96 bits per heavy atom. The Morgan fingerprint density at radius 1 is 1.04 bits per heavy atom. The Balaban J connectivity index is 1.85. The number of amides is 1. The van der Waals surface area contributed by atoms with Crippen LogP contribution in [-0.2, 0) is 6.54 Å². The first-order valence-corrected chi connectivity index (χ1v) is 9.51. The number of carbonyl (C=O) groups is 1. The molecule has 1 amide bonds. The van der Waals surface area contributed by atoms with Crippen molar-refractivity contribution in [1.82, 2.24) is 4.57 Å². The predicted molar refractivity (Wildman–Crippen MR) is 109 cm³/mol. The minimum atomic E-state index is -0.417. The molecule has 0 radical (unpaired) electrons. The number of rotatable bonds is 4. The Kier molecular flexibility index (Phi) is 3.62. The van der Waals surface area contributed by atoms with Gasteiger partial charge in [-0.3, -0.25) is 4.79 Å². The molecule has 0 spiro atoms. The van der Waals surface area contributed by atoms with Crippen LogP contribution < -0.4 is 5.73 Å². The lowest BCUT2D eigenvalue weighted by Crippen LogP contribution is -2.11. The zero-order valence-electron chi connectivity index (χ0n) is 14.4. The Hall–Kier alpha value is -3.31. The predicted octanol–water partition coefficient (Wildman–Crippen LogP) is 5.26. The van der Waals surface area contributed by atoms with Crippen molar-refractivity contribution in [1.29, 1.82) is 0 Å². The molecule has 0 saturated heterocycles. The summed E-state index contributed by atoms with van der Waals surface area (Å²) in [5.41, 5.74) is 9.38. The average Bonchev–Trinajstić information content (AvgIpc) is 3.43. The van der Waals surface area contributed by atoms with E-state index in [2.05, 4.69) is 34.2 Å². The summed E-state index contributed by atoms with van der Waals surface area (Å²) in [4.78, 5) is 13.2. The lowest BCUT2D eigenvalue weighted by Gasteiger charge is -2.06. The zero-order chi connectivity index (χ0) is 18.4. The highest BCUT2D eigenvalue weighted by Crippen LogP contribution is 2.35. The second-order valence-electron chi connectivity index (χ2n) is 6.44. The average molecular weight is 372 g/mol. The van der Waals surface area contributed by atoms with Gasteiger partial charge in [0.15, 0.2) is 0 Å². The molecule has 5 heteroatoms. The number of aromatic nitrogens is 1. The maximum absolute atomic E-state index is 12.0. The molecule has 27 heavy (non-hydrogen) atoms. The molecule has 0 atom stereocenters. The van der Waals surface area contributed by atoms with Gasteiger partial charge in [0.05, 0.1) is 23.8 Å². The van der Waals surface area contributed by atoms with Crippen LogP contribution in [0.15, 0.2) is 76.7 Å². The smallest absolute Gasteiger partial charge is 0.249 e. The van der Waals surface area contributed by atoms with Gasteiger partial charge >= 0.3 is 0 Å². The maximum Gasteiger partial charge on any atom is 0.249 e. The molecule has 0 aliphatic heterocycles. The van der Waals surface area contributed by atoms with Crippen LogP contribution in [0, 0.1) is 0 Å². The Morgan fingerprint density at radius 3 is 2.70 bits per heavy atom. The number of hydrogen-bond acceptors (Lipinski definition) is 3. The summed E-state index contributed by atoms with van der Waals surface area (Å²) in [7, 11) is 0. The zero-order valence-corrected chi connectivity index (χ0v) is 15.2. The van der Waals surface area contributed by atoms with Crippen molar-refractivity contribution in [2.45, 2.75) is 6.54 Å². The van der Waals surface area contributed by atoms with Gasteiger partial charge in [0.2, 0.25) is 5.91 Å². The van der Waals surface area contributed by atoms with Gasteiger partial charge in [-0.1, -0.05) is 24.3 Å². The van der Waals surface area contributed by atoms with Crippen molar-refractivity contribution in [3.63, 3.8) is 0 Å². The fourth-order valence-electron chi connectivity index (χ4n) is 3.67. The number of benzene rings is 2. The molecule has 5 aromatic rings. The number of carbonyl (C=O) groups excluding carboxylic acids is 1. The van der Waals surface area contributed by atoms with Crippen molar-refractivity contribution < 1.29 is 9.21 Å². The van der Waals surface area contributed by atoms with E-state index in [0.29, 0.717) is 12.1 Å². The molecule has 0 bridgehead atoms. The first-order valence-electron chi connectivity index (χ1n) is 8.63. The highest BCUT2D eigenvalue weighted by Gasteiger charge is 2.17. The molecule has 3 aromatic heterocycles. The fourth-order valence-corrected chi connectivity index (χ4v) is 4.40. The van der Waals surface area contributed by atoms with Crippen LogP contribution in [0.25, 0.3) is 32.2 Å². The second-order valence-corrected chi connectivity index (χ2v) is 7.39. The molecule has 0 aliphatic rings. The number of primary amides is 1. The fraction of sp³-hybridized carbons (Fsp3) is 0.0455. The summed E-state index contributed by atoms with van der Waals surface area (Å²) >= 11 is 1.71. The summed E-state index contributed by atoms with van der Waals surface area (Å²) in [6, 6.07) is 20.0. The summed E-state index contributed by atoms with van der Waals surface area (Å²) in [6.07, 6.45) is 1.68. The topological polar surface area (TPSA) is 61.2 Å². The summed E-state index contributed by atoms with van der Waals surface area (Å²) in [5.74, 6) is 0.444. The van der Waals surface area contributed by atoms with E-state index in [9.17, 15) is 4.79 Å². The van der Waals surface area contributed by atoms with Gasteiger partial charge < -0.3 is 14.7 Å². The van der Waals surface area contributed by atoms with Gasteiger partial charge in [0, 0.05) is 21.2 Å². The van der Waals surface area contributed by atoms with Gasteiger partial charge in [-0.05, 0) is 47.3 Å². The van der Waals surface area contributed by atoms with Gasteiger partial charge in [-0.2, -0.15) is 0 Å². The third-order valence-electron chi connectivity index (χ3n) is 4.86. The minimum Gasteiger partial charge on any atom is -0.467 e. The normalized spacial score (nSPS) is 11.4. The SMILES string of the molecule is NC(=O)c1cccc2c1c1ccc(-c3cccs3)cc1n2Cc1ccco1. The number of fused-ring (bicyclic) bond motifs is 3. The van der Waals surface area contributed by atoms with Crippen molar-refractivity contribution in [3.8, 4) is 10.4 Å². The van der Waals surface area contributed by atoms with E-state index in [1.165, 1.54) is 4.88 Å². The molecular weight excluding hydrogens is 356 g/mol. The Labute approximate surface area is 159 Å². The minimum absolute atomic E-state index is 0.417. The lowest BCUT2D eigenvalue weighted by atomic mass is 10.0. The number of nitrogens with two attached hydrogens (primary N) is 1. The summed E-state index contributed by atoms with van der Waals surface area (Å²) in [6.45, 7) is 0.586. The van der Waals surface area contributed by atoms with E-state index in [4.69, 9.17) is 10.2 Å². The van der Waals surface area contributed by atoms with Crippen molar-refractivity contribution in [2.75, 3.05) is 0 Å². The molecule has 4 nitrogen and oxygen atoms in total. The molecule has 2 aromatic carbocycles. The third-order valence-corrected chi connectivity index (χ3v) is 5.78. The molecule has 5 rings (SSSR count). The van der Waals surface area contributed by atoms with Crippen LogP contribution in [0.3, 0.4) is 0 Å². The largest absolute Gasteiger partial charge is 0.467 e. The molecule has 2 N–H and O–H groups in total. The quantitative estimate of drug-likeness (QED) is 0.467. The van der Waals surface area contributed by atoms with Crippen LogP contribution in [0.5, 0.6) is 0 Å². The highest BCUT2D eigenvalue weighted by atomic mass is 32.1. The first-order chi connectivity index (χ1) is 13.2. The van der Waals surface area contributed by atoms with E-state index < -0.39 is 5.91 Å². The Bertz CT molecular complexity index is 1270. The molecule has 0 aliphatic carbocycles. The molecule has 0 saturated carbocycles. The van der Waals surface area contributed by atoms with Crippen molar-refractivity contribution in [2.24, 2.45) is 5.73 Å². The second kappa shape index (κ2) is 6.14. The van der Waals surface area contributed by atoms with E-state index in [1.54, 1.807) is 23.7 Å². The standard InChI is InChI=1S/C22H16N2O2S/c23-22(25)17-5-1-6-18-21(17)16-9-8-14(20-7-3-11-27-20)12-19(16)24(18)13-15-4-2-10-26-15/h1-12H,13H2,(H2,23,25). The van der Waals surface area contributed by atoms with Crippen LogP contribution in [0.1, 0.15) is 16.1 Å². The van der Waals surface area contributed by atoms with E-state index in [-0.39, 0.29) is 0 Å². The third kappa shape index (κ3) is 2.55.